The van der Waals surface area contributed by atoms with Gasteiger partial charge in [-0.2, -0.15) is 0 Å². The van der Waals surface area contributed by atoms with Crippen LogP contribution >= 0.6 is 0 Å². The van der Waals surface area contributed by atoms with Gasteiger partial charge in [-0.3, -0.25) is 19.2 Å². The number of hydrogen-bond donors (Lipinski definition) is 0. The molecule has 0 aromatic carbocycles. The quantitative estimate of drug-likeness (QED) is 0.538. The van der Waals surface area contributed by atoms with Crippen LogP contribution in [0.4, 0.5) is 0 Å². The lowest BCUT2D eigenvalue weighted by Crippen LogP contribution is -2.14. The van der Waals surface area contributed by atoms with Crippen LogP contribution < -0.4 is 0 Å². The molecule has 5 heteroatoms. The predicted octanol–water partition coefficient (Wildman–Crippen LogP) is 1.33. The predicted molar refractivity (Wildman–Crippen MR) is 62.5 cm³/mol. The zero-order chi connectivity index (χ0) is 14.0. The highest BCUT2D eigenvalue weighted by Crippen LogP contribution is 1.95. The smallest absolute Gasteiger partial charge is 0.313 e. The first-order valence-corrected chi connectivity index (χ1v) is 5.38. The first-order chi connectivity index (χ1) is 7.72. The maximum atomic E-state index is 10.4. The molecule has 0 atom stereocenters. The highest BCUT2D eigenvalue weighted by atomic mass is 16.5. The number of ether oxygens (including phenoxy) is 1. The van der Waals surface area contributed by atoms with Crippen molar-refractivity contribution in [2.24, 2.45) is 5.92 Å². The number of carbonyl (C=O) groups excluding carboxylic acids is 4. The van der Waals surface area contributed by atoms with Crippen molar-refractivity contribution >= 4 is 23.3 Å². The molecule has 0 heterocycles. The molecule has 0 rings (SSSR count). The Kier molecular flexibility index (Phi) is 10.2. The second kappa shape index (κ2) is 9.69. The van der Waals surface area contributed by atoms with Crippen molar-refractivity contribution in [1.82, 2.24) is 0 Å². The van der Waals surface area contributed by atoms with E-state index in [0.29, 0.717) is 6.61 Å². The molecule has 17 heavy (non-hydrogen) atoms. The van der Waals surface area contributed by atoms with Gasteiger partial charge in [0.15, 0.2) is 0 Å². The molecular formula is C12H20O5. The summed E-state index contributed by atoms with van der Waals surface area (Å²) in [6, 6.07) is 0. The van der Waals surface area contributed by atoms with Gasteiger partial charge >= 0.3 is 5.97 Å². The number of carbonyl (C=O) groups is 4. The van der Waals surface area contributed by atoms with Crippen LogP contribution in [0.5, 0.6) is 0 Å². The maximum Gasteiger partial charge on any atom is 0.313 e. The van der Waals surface area contributed by atoms with E-state index >= 15 is 0 Å². The molecular weight excluding hydrogens is 224 g/mol. The van der Waals surface area contributed by atoms with E-state index in [1.807, 2.05) is 0 Å². The fraction of sp³-hybridized carbons (Fsp3) is 0.667. The largest absolute Gasteiger partial charge is 0.466 e. The third kappa shape index (κ3) is 12.4. The summed E-state index contributed by atoms with van der Waals surface area (Å²) < 4.78 is 4.49. The van der Waals surface area contributed by atoms with E-state index in [1.54, 1.807) is 13.8 Å². The Labute approximate surface area is 102 Å². The maximum absolute atomic E-state index is 10.4. The third-order valence-electron chi connectivity index (χ3n) is 1.92. The van der Waals surface area contributed by atoms with Crippen molar-refractivity contribution in [2.75, 3.05) is 6.61 Å². The van der Waals surface area contributed by atoms with Crippen LogP contribution in [0.3, 0.4) is 0 Å². The van der Waals surface area contributed by atoms with Crippen LogP contribution in [-0.2, 0) is 23.9 Å². The van der Waals surface area contributed by atoms with Gasteiger partial charge < -0.3 is 4.74 Å². The summed E-state index contributed by atoms with van der Waals surface area (Å²) in [6.07, 6.45) is -0.103. The Hall–Kier alpha value is -1.52. The highest BCUT2D eigenvalue weighted by Gasteiger charge is 2.11. The summed E-state index contributed by atoms with van der Waals surface area (Å²) in [5.74, 6) is -1.12. The zero-order valence-electron chi connectivity index (χ0n) is 11.0. The summed E-state index contributed by atoms with van der Waals surface area (Å²) >= 11 is 0. The molecule has 0 spiro atoms. The molecule has 0 saturated heterocycles. The van der Waals surface area contributed by atoms with Crippen molar-refractivity contribution in [3.8, 4) is 0 Å². The molecule has 0 radical (unpaired) electrons. The Morgan fingerprint density at radius 3 is 1.59 bits per heavy atom. The van der Waals surface area contributed by atoms with Crippen LogP contribution in [0, 0.1) is 5.92 Å². The average Bonchev–Trinajstić information content (AvgIpc) is 2.16. The highest BCUT2D eigenvalue weighted by molar-refractivity contribution is 5.99. The number of ketones is 3. The second-order valence-electron chi connectivity index (χ2n) is 3.63. The Morgan fingerprint density at radius 1 is 1.00 bits per heavy atom. The van der Waals surface area contributed by atoms with Gasteiger partial charge in [0.25, 0.3) is 0 Å². The van der Waals surface area contributed by atoms with Crippen LogP contribution in [0.2, 0.25) is 0 Å². The first kappa shape index (κ1) is 17.9. The van der Waals surface area contributed by atoms with Crippen molar-refractivity contribution in [2.45, 2.75) is 41.0 Å². The Bertz CT molecular complexity index is 279. The standard InChI is InChI=1S/C6H10O3.C6H10O2/c1-3-9-6(8)4-5(2)7;1-4(5(2)7)6(3)8/h3-4H2,1-2H3;4H,1-3H3. The minimum atomic E-state index is -0.440. The lowest BCUT2D eigenvalue weighted by molar-refractivity contribution is -0.145. The number of Topliss-reactive ketones (excluding diaryl/α,β-unsaturated/α-hetero) is 3. The van der Waals surface area contributed by atoms with Gasteiger partial charge in [0.2, 0.25) is 0 Å². The lowest BCUT2D eigenvalue weighted by Gasteiger charge is -1.97. The fourth-order valence-corrected chi connectivity index (χ4v) is 0.702. The van der Waals surface area contributed by atoms with Gasteiger partial charge in [0.1, 0.15) is 23.8 Å². The lowest BCUT2D eigenvalue weighted by atomic mass is 10.0. The van der Waals surface area contributed by atoms with E-state index < -0.39 is 11.9 Å². The number of hydrogen-bond acceptors (Lipinski definition) is 5. The van der Waals surface area contributed by atoms with Crippen molar-refractivity contribution in [3.63, 3.8) is 0 Å². The molecule has 0 fully saturated rings. The molecule has 0 aliphatic rings. The summed E-state index contributed by atoms with van der Waals surface area (Å²) in [4.78, 5) is 41.4. The van der Waals surface area contributed by atoms with E-state index in [1.165, 1.54) is 20.8 Å². The van der Waals surface area contributed by atoms with Gasteiger partial charge in [0, 0.05) is 0 Å². The van der Waals surface area contributed by atoms with Crippen molar-refractivity contribution in [1.29, 1.82) is 0 Å². The fourth-order valence-electron chi connectivity index (χ4n) is 0.702. The molecule has 0 unspecified atom stereocenters. The normalized spacial score (nSPS) is 9.06. The van der Waals surface area contributed by atoms with E-state index in [0.717, 1.165) is 0 Å². The van der Waals surface area contributed by atoms with Gasteiger partial charge in [0.05, 0.1) is 12.5 Å². The molecule has 98 valence electrons. The summed E-state index contributed by atoms with van der Waals surface area (Å²) in [7, 11) is 0. The van der Waals surface area contributed by atoms with E-state index in [2.05, 4.69) is 4.74 Å². The van der Waals surface area contributed by atoms with Gasteiger partial charge in [-0.1, -0.05) is 0 Å². The topological polar surface area (TPSA) is 77.5 Å². The molecule has 0 amide bonds. The molecule has 0 saturated carbocycles. The minimum absolute atomic E-state index is 0.0579. The number of esters is 1. The van der Waals surface area contributed by atoms with Crippen LogP contribution in [-0.4, -0.2) is 29.9 Å². The summed E-state index contributed by atoms with van der Waals surface area (Å²) in [5.41, 5.74) is 0. The molecule has 0 aliphatic heterocycles. The monoisotopic (exact) mass is 244 g/mol. The van der Waals surface area contributed by atoms with E-state index in [4.69, 9.17) is 0 Å². The van der Waals surface area contributed by atoms with Gasteiger partial charge in [-0.05, 0) is 34.6 Å². The Balaban J connectivity index is 0. The summed E-state index contributed by atoms with van der Waals surface area (Å²) in [5, 5.41) is 0. The first-order valence-electron chi connectivity index (χ1n) is 5.38. The van der Waals surface area contributed by atoms with E-state index in [9.17, 15) is 19.2 Å². The molecule has 0 aromatic heterocycles. The number of rotatable bonds is 5. The molecule has 0 bridgehead atoms. The SMILES string of the molecule is CC(=O)C(C)C(C)=O.CCOC(=O)CC(C)=O. The third-order valence-corrected chi connectivity index (χ3v) is 1.92. The van der Waals surface area contributed by atoms with Crippen molar-refractivity contribution in [3.05, 3.63) is 0 Å². The average molecular weight is 244 g/mol. The zero-order valence-corrected chi connectivity index (χ0v) is 11.0. The van der Waals surface area contributed by atoms with Gasteiger partial charge in [-0.25, -0.2) is 0 Å². The van der Waals surface area contributed by atoms with Gasteiger partial charge in [-0.15, -0.1) is 0 Å². The van der Waals surface area contributed by atoms with Crippen LogP contribution in [0.15, 0.2) is 0 Å². The van der Waals surface area contributed by atoms with Crippen molar-refractivity contribution < 1.29 is 23.9 Å². The Morgan fingerprint density at radius 2 is 1.41 bits per heavy atom. The summed E-state index contributed by atoms with van der Waals surface area (Å²) in [6.45, 7) is 7.86. The molecule has 0 N–H and O–H groups in total. The minimum Gasteiger partial charge on any atom is -0.466 e. The van der Waals surface area contributed by atoms with E-state index in [-0.39, 0.29) is 23.8 Å². The molecule has 0 aliphatic carbocycles. The van der Waals surface area contributed by atoms with Crippen LogP contribution in [0.25, 0.3) is 0 Å². The van der Waals surface area contributed by atoms with Crippen LogP contribution in [0.1, 0.15) is 41.0 Å². The molecule has 5 nitrogen and oxygen atoms in total. The second-order valence-corrected chi connectivity index (χ2v) is 3.63. The molecule has 0 aromatic rings.